The van der Waals surface area contributed by atoms with Crippen LogP contribution in [-0.2, 0) is 0 Å². The maximum absolute atomic E-state index is 12.8. The summed E-state index contributed by atoms with van der Waals surface area (Å²) in [6.07, 6.45) is 1.82. The lowest BCUT2D eigenvalue weighted by molar-refractivity contribution is 0.628. The molecule has 88 valence electrons. The maximum Gasteiger partial charge on any atom is 0.123 e. The monoisotopic (exact) mass is 239 g/mol. The Kier molecular flexibility index (Phi) is 2.61. The molecule has 0 unspecified atom stereocenters. The van der Waals surface area contributed by atoms with Crippen LogP contribution in [0.2, 0.25) is 0 Å². The lowest BCUT2D eigenvalue weighted by Crippen LogP contribution is -1.93. The molecule has 0 fully saturated rings. The van der Waals surface area contributed by atoms with E-state index < -0.39 is 0 Å². The normalized spacial score (nSPS) is 10.5. The van der Waals surface area contributed by atoms with Crippen LogP contribution in [0.25, 0.3) is 16.9 Å². The van der Waals surface area contributed by atoms with Crippen molar-refractivity contribution in [1.29, 1.82) is 0 Å². The molecule has 0 amide bonds. The second-order valence-corrected chi connectivity index (χ2v) is 3.89. The summed E-state index contributed by atoms with van der Waals surface area (Å²) in [5.74, 6) is -0.255. The topological polar surface area (TPSA) is 30.7 Å². The van der Waals surface area contributed by atoms with Gasteiger partial charge in [0, 0.05) is 5.56 Å². The van der Waals surface area contributed by atoms with E-state index in [-0.39, 0.29) is 5.82 Å². The average Bonchev–Trinajstić information content (AvgIpc) is 2.90. The van der Waals surface area contributed by atoms with Crippen molar-refractivity contribution < 1.29 is 4.39 Å². The summed E-state index contributed by atoms with van der Waals surface area (Å²) < 4.78 is 14.5. The van der Waals surface area contributed by atoms with Crippen molar-refractivity contribution >= 4 is 0 Å². The van der Waals surface area contributed by atoms with Gasteiger partial charge in [-0.25, -0.2) is 9.07 Å². The number of rotatable bonds is 2. The Bertz CT molecular complexity index is 644. The van der Waals surface area contributed by atoms with Gasteiger partial charge in [-0.1, -0.05) is 23.4 Å². The zero-order valence-electron chi connectivity index (χ0n) is 9.49. The molecule has 0 aliphatic heterocycles. The summed E-state index contributed by atoms with van der Waals surface area (Å²) in [5.41, 5.74) is 2.51. The predicted octanol–water partition coefficient (Wildman–Crippen LogP) is 3.07. The van der Waals surface area contributed by atoms with E-state index in [9.17, 15) is 4.39 Å². The van der Waals surface area contributed by atoms with Gasteiger partial charge in [0.2, 0.25) is 0 Å². The van der Waals surface area contributed by atoms with Gasteiger partial charge in [0.05, 0.1) is 11.9 Å². The molecule has 0 bridgehead atoms. The average molecular weight is 239 g/mol. The standard InChI is InChI=1S/C14H10FN3/c15-12-8-6-11(7-9-12)14-10-18(17-16-14)13-4-2-1-3-5-13/h1-10H. The third kappa shape index (κ3) is 2.00. The number of hydrogen-bond acceptors (Lipinski definition) is 2. The second kappa shape index (κ2) is 4.41. The van der Waals surface area contributed by atoms with Crippen molar-refractivity contribution in [1.82, 2.24) is 15.0 Å². The Labute approximate surface area is 104 Å². The Morgan fingerprint density at radius 2 is 1.61 bits per heavy atom. The van der Waals surface area contributed by atoms with Gasteiger partial charge in [-0.3, -0.25) is 0 Å². The number of hydrogen-bond donors (Lipinski definition) is 0. The molecule has 0 spiro atoms. The minimum atomic E-state index is -0.255. The molecular formula is C14H10FN3. The van der Waals surface area contributed by atoms with Crippen molar-refractivity contribution in [2.75, 3.05) is 0 Å². The number of benzene rings is 2. The van der Waals surface area contributed by atoms with E-state index in [2.05, 4.69) is 10.3 Å². The van der Waals surface area contributed by atoms with Crippen LogP contribution >= 0.6 is 0 Å². The van der Waals surface area contributed by atoms with Gasteiger partial charge < -0.3 is 0 Å². The first-order valence-corrected chi connectivity index (χ1v) is 5.57. The second-order valence-electron chi connectivity index (χ2n) is 3.89. The summed E-state index contributed by atoms with van der Waals surface area (Å²) in [6, 6.07) is 15.9. The van der Waals surface area contributed by atoms with Gasteiger partial charge in [-0.15, -0.1) is 5.10 Å². The van der Waals surface area contributed by atoms with Crippen molar-refractivity contribution in [3.63, 3.8) is 0 Å². The molecule has 0 radical (unpaired) electrons. The Balaban J connectivity index is 1.97. The highest BCUT2D eigenvalue weighted by Crippen LogP contribution is 2.17. The fraction of sp³-hybridized carbons (Fsp3) is 0. The molecule has 4 heteroatoms. The molecule has 3 rings (SSSR count). The highest BCUT2D eigenvalue weighted by Gasteiger charge is 2.04. The summed E-state index contributed by atoms with van der Waals surface area (Å²) >= 11 is 0. The molecule has 0 saturated heterocycles. The molecule has 18 heavy (non-hydrogen) atoms. The molecule has 1 aromatic heterocycles. The van der Waals surface area contributed by atoms with Crippen molar-refractivity contribution in [3.05, 3.63) is 66.6 Å². The van der Waals surface area contributed by atoms with E-state index in [4.69, 9.17) is 0 Å². The highest BCUT2D eigenvalue weighted by atomic mass is 19.1. The van der Waals surface area contributed by atoms with Crippen molar-refractivity contribution in [3.8, 4) is 16.9 Å². The van der Waals surface area contributed by atoms with E-state index in [0.29, 0.717) is 0 Å². The summed E-state index contributed by atoms with van der Waals surface area (Å²) in [6.45, 7) is 0. The Morgan fingerprint density at radius 3 is 2.33 bits per heavy atom. The molecule has 3 aromatic rings. The highest BCUT2D eigenvalue weighted by molar-refractivity contribution is 5.57. The van der Waals surface area contributed by atoms with Crippen LogP contribution in [-0.4, -0.2) is 15.0 Å². The minimum Gasteiger partial charge on any atom is -0.220 e. The van der Waals surface area contributed by atoms with E-state index >= 15 is 0 Å². The van der Waals surface area contributed by atoms with Crippen molar-refractivity contribution in [2.24, 2.45) is 0 Å². The van der Waals surface area contributed by atoms with Gasteiger partial charge in [0.15, 0.2) is 0 Å². The van der Waals surface area contributed by atoms with Crippen LogP contribution in [0.5, 0.6) is 0 Å². The third-order valence-electron chi connectivity index (χ3n) is 2.65. The SMILES string of the molecule is Fc1ccc(-c2cn(-c3ccccc3)nn2)cc1. The smallest absolute Gasteiger partial charge is 0.123 e. The van der Waals surface area contributed by atoms with Crippen LogP contribution in [0.1, 0.15) is 0 Å². The largest absolute Gasteiger partial charge is 0.220 e. The lowest BCUT2D eigenvalue weighted by atomic mass is 10.2. The molecule has 0 aliphatic rings. The fourth-order valence-corrected chi connectivity index (χ4v) is 1.72. The molecule has 3 nitrogen and oxygen atoms in total. The quantitative estimate of drug-likeness (QED) is 0.688. The van der Waals surface area contributed by atoms with Crippen LogP contribution in [0, 0.1) is 5.82 Å². The third-order valence-corrected chi connectivity index (χ3v) is 2.65. The Morgan fingerprint density at radius 1 is 0.889 bits per heavy atom. The molecular weight excluding hydrogens is 229 g/mol. The maximum atomic E-state index is 12.8. The molecule has 0 saturated carbocycles. The predicted molar refractivity (Wildman–Crippen MR) is 66.8 cm³/mol. The van der Waals surface area contributed by atoms with Crippen molar-refractivity contribution in [2.45, 2.75) is 0 Å². The van der Waals surface area contributed by atoms with Gasteiger partial charge in [-0.2, -0.15) is 0 Å². The van der Waals surface area contributed by atoms with Crippen LogP contribution < -0.4 is 0 Å². The van der Waals surface area contributed by atoms with Gasteiger partial charge in [-0.05, 0) is 36.4 Å². The number of nitrogens with zero attached hydrogens (tertiary/aromatic N) is 3. The number of para-hydroxylation sites is 1. The van der Waals surface area contributed by atoms with E-state index in [0.717, 1.165) is 16.9 Å². The summed E-state index contributed by atoms with van der Waals surface area (Å²) in [4.78, 5) is 0. The zero-order valence-corrected chi connectivity index (χ0v) is 9.49. The molecule has 0 aliphatic carbocycles. The number of aromatic nitrogens is 3. The fourth-order valence-electron chi connectivity index (χ4n) is 1.72. The summed E-state index contributed by atoms with van der Waals surface area (Å²) in [5, 5.41) is 8.14. The minimum absolute atomic E-state index is 0.255. The van der Waals surface area contributed by atoms with E-state index in [1.54, 1.807) is 16.8 Å². The Hall–Kier alpha value is -2.49. The molecule has 0 N–H and O–H groups in total. The first kappa shape index (κ1) is 10.7. The molecule has 2 aromatic carbocycles. The van der Waals surface area contributed by atoms with E-state index in [1.165, 1.54) is 12.1 Å². The van der Waals surface area contributed by atoms with E-state index in [1.807, 2.05) is 36.5 Å². The molecule has 0 atom stereocenters. The van der Waals surface area contributed by atoms with Gasteiger partial charge >= 0.3 is 0 Å². The summed E-state index contributed by atoms with van der Waals surface area (Å²) in [7, 11) is 0. The first-order chi connectivity index (χ1) is 8.83. The van der Waals surface area contributed by atoms with Gasteiger partial charge in [0.1, 0.15) is 11.5 Å². The van der Waals surface area contributed by atoms with Crippen LogP contribution in [0.15, 0.2) is 60.8 Å². The first-order valence-electron chi connectivity index (χ1n) is 5.57. The van der Waals surface area contributed by atoms with Crippen LogP contribution in [0.4, 0.5) is 4.39 Å². The lowest BCUT2D eigenvalue weighted by Gasteiger charge is -1.97. The van der Waals surface area contributed by atoms with Crippen LogP contribution in [0.3, 0.4) is 0 Å². The van der Waals surface area contributed by atoms with Gasteiger partial charge in [0.25, 0.3) is 0 Å². The zero-order chi connectivity index (χ0) is 12.4. The molecule has 1 heterocycles. The number of halogens is 1.